The highest BCUT2D eigenvalue weighted by molar-refractivity contribution is 7.99. The smallest absolute Gasteiger partial charge is 0.267 e. The number of rotatable bonds is 5. The van der Waals surface area contributed by atoms with Crippen LogP contribution in [0.15, 0.2) is 40.3 Å². The van der Waals surface area contributed by atoms with Crippen LogP contribution < -0.4 is 5.56 Å². The van der Waals surface area contributed by atoms with E-state index in [1.807, 2.05) is 37.3 Å². The van der Waals surface area contributed by atoms with E-state index in [2.05, 4.69) is 0 Å². The second-order valence-corrected chi connectivity index (χ2v) is 8.93. The molecule has 1 unspecified atom stereocenters. The van der Waals surface area contributed by atoms with E-state index in [1.165, 1.54) is 16.9 Å². The molecule has 0 fully saturated rings. The minimum absolute atomic E-state index is 0.0414. The zero-order valence-corrected chi connectivity index (χ0v) is 16.4. The van der Waals surface area contributed by atoms with Crippen LogP contribution in [0.3, 0.4) is 0 Å². The van der Waals surface area contributed by atoms with Crippen LogP contribution >= 0.6 is 23.1 Å². The molecule has 2 aromatic heterocycles. The zero-order chi connectivity index (χ0) is 18.1. The van der Waals surface area contributed by atoms with Crippen molar-refractivity contribution in [2.45, 2.75) is 37.8 Å². The van der Waals surface area contributed by atoms with Gasteiger partial charge >= 0.3 is 0 Å². The number of aromatic nitrogens is 2. The van der Waals surface area contributed by atoms with Gasteiger partial charge in [0.1, 0.15) is 4.83 Å². The van der Waals surface area contributed by atoms with E-state index in [9.17, 15) is 9.90 Å². The van der Waals surface area contributed by atoms with Gasteiger partial charge in [-0.3, -0.25) is 9.36 Å². The van der Waals surface area contributed by atoms with Gasteiger partial charge in [0.2, 0.25) is 0 Å². The van der Waals surface area contributed by atoms with E-state index in [0.717, 1.165) is 40.9 Å². The van der Waals surface area contributed by atoms with Crippen LogP contribution in [0.4, 0.5) is 0 Å². The van der Waals surface area contributed by atoms with Gasteiger partial charge in [0.25, 0.3) is 5.56 Å². The fourth-order valence-electron chi connectivity index (χ4n) is 3.36. The molecule has 0 radical (unpaired) electrons. The number of aliphatic hydroxyl groups excluding tert-OH is 1. The van der Waals surface area contributed by atoms with Gasteiger partial charge in [0.15, 0.2) is 5.16 Å². The van der Waals surface area contributed by atoms with E-state index >= 15 is 0 Å². The van der Waals surface area contributed by atoms with Crippen molar-refractivity contribution in [1.82, 2.24) is 9.55 Å². The summed E-state index contributed by atoms with van der Waals surface area (Å²) in [4.78, 5) is 20.6. The fourth-order valence-corrected chi connectivity index (χ4v) is 5.68. The SMILES string of the molecule is CC(CO)CSc1nc2sc3c(c2c(=O)n1-c1ccccc1)CCCC3. The van der Waals surface area contributed by atoms with Crippen molar-refractivity contribution in [1.29, 1.82) is 0 Å². The third kappa shape index (κ3) is 3.21. The van der Waals surface area contributed by atoms with Crippen LogP contribution in [0.1, 0.15) is 30.2 Å². The zero-order valence-electron chi connectivity index (χ0n) is 14.8. The molecule has 1 aromatic carbocycles. The predicted molar refractivity (Wildman–Crippen MR) is 109 cm³/mol. The number of para-hydroxylation sites is 1. The lowest BCUT2D eigenvalue weighted by Crippen LogP contribution is -2.22. The number of nitrogens with zero attached hydrogens (tertiary/aromatic N) is 2. The highest BCUT2D eigenvalue weighted by Gasteiger charge is 2.23. The molecule has 0 saturated heterocycles. The quantitative estimate of drug-likeness (QED) is 0.531. The summed E-state index contributed by atoms with van der Waals surface area (Å²) in [6.45, 7) is 2.14. The summed E-state index contributed by atoms with van der Waals surface area (Å²) in [5.41, 5.74) is 2.11. The summed E-state index contributed by atoms with van der Waals surface area (Å²) in [6, 6.07) is 9.74. The largest absolute Gasteiger partial charge is 0.396 e. The van der Waals surface area contributed by atoms with E-state index in [-0.39, 0.29) is 18.1 Å². The van der Waals surface area contributed by atoms with Gasteiger partial charge in [-0.05, 0) is 49.3 Å². The van der Waals surface area contributed by atoms with Crippen molar-refractivity contribution < 1.29 is 5.11 Å². The van der Waals surface area contributed by atoms with Gasteiger partial charge in [0.05, 0.1) is 11.1 Å². The summed E-state index contributed by atoms with van der Waals surface area (Å²) in [5, 5.41) is 10.9. The van der Waals surface area contributed by atoms with Crippen molar-refractivity contribution in [3.05, 3.63) is 51.1 Å². The van der Waals surface area contributed by atoms with Gasteiger partial charge in [-0.1, -0.05) is 36.9 Å². The van der Waals surface area contributed by atoms with Crippen LogP contribution in [0.5, 0.6) is 0 Å². The van der Waals surface area contributed by atoms with Crippen molar-refractivity contribution in [2.24, 2.45) is 5.92 Å². The predicted octanol–water partition coefficient (Wildman–Crippen LogP) is 4.05. The van der Waals surface area contributed by atoms with Crippen LogP contribution in [0.25, 0.3) is 15.9 Å². The molecular formula is C20H22N2O2S2. The second-order valence-electron chi connectivity index (χ2n) is 6.86. The highest BCUT2D eigenvalue weighted by Crippen LogP contribution is 2.35. The third-order valence-electron chi connectivity index (χ3n) is 4.78. The van der Waals surface area contributed by atoms with E-state index < -0.39 is 0 Å². The van der Waals surface area contributed by atoms with Crippen molar-refractivity contribution in [2.75, 3.05) is 12.4 Å². The first-order valence-electron chi connectivity index (χ1n) is 9.05. The Balaban J connectivity index is 1.92. The molecule has 2 heterocycles. The molecule has 1 N–H and O–H groups in total. The lowest BCUT2D eigenvalue weighted by molar-refractivity contribution is 0.250. The van der Waals surface area contributed by atoms with E-state index in [4.69, 9.17) is 4.98 Å². The summed E-state index contributed by atoms with van der Waals surface area (Å²) in [5.74, 6) is 0.889. The summed E-state index contributed by atoms with van der Waals surface area (Å²) < 4.78 is 1.75. The third-order valence-corrected chi connectivity index (χ3v) is 7.23. The lowest BCUT2D eigenvalue weighted by Gasteiger charge is -2.14. The molecule has 0 amide bonds. The van der Waals surface area contributed by atoms with Crippen LogP contribution in [0.2, 0.25) is 0 Å². The molecule has 26 heavy (non-hydrogen) atoms. The number of aryl methyl sites for hydroxylation is 2. The lowest BCUT2D eigenvalue weighted by atomic mass is 9.97. The number of aliphatic hydroxyl groups is 1. The van der Waals surface area contributed by atoms with Crippen LogP contribution in [-0.4, -0.2) is 27.0 Å². The number of hydrogen-bond acceptors (Lipinski definition) is 5. The second kappa shape index (κ2) is 7.55. The Labute approximate surface area is 160 Å². The molecule has 0 bridgehead atoms. The molecule has 4 rings (SSSR count). The Kier molecular flexibility index (Phi) is 5.16. The molecule has 0 spiro atoms. The van der Waals surface area contributed by atoms with E-state index in [1.54, 1.807) is 27.7 Å². The Hall–Kier alpha value is -1.63. The molecule has 0 aliphatic heterocycles. The number of thioether (sulfide) groups is 1. The average Bonchev–Trinajstić information content (AvgIpc) is 3.05. The Morgan fingerprint density at radius 3 is 2.81 bits per heavy atom. The standard InChI is InChI=1S/C20H22N2O2S2/c1-13(11-23)12-25-20-21-18-17(15-9-5-6-10-16(15)26-18)19(24)22(20)14-7-3-2-4-8-14/h2-4,7-8,13,23H,5-6,9-12H2,1H3. The Morgan fingerprint density at radius 1 is 1.27 bits per heavy atom. The first-order valence-corrected chi connectivity index (χ1v) is 10.9. The minimum atomic E-state index is 0.0414. The normalized spacial score (nSPS) is 15.2. The average molecular weight is 387 g/mol. The van der Waals surface area contributed by atoms with Crippen molar-refractivity contribution in [3.8, 4) is 5.69 Å². The topological polar surface area (TPSA) is 55.1 Å². The van der Waals surface area contributed by atoms with E-state index in [0.29, 0.717) is 5.16 Å². The highest BCUT2D eigenvalue weighted by atomic mass is 32.2. The van der Waals surface area contributed by atoms with Gasteiger partial charge in [-0.15, -0.1) is 11.3 Å². The van der Waals surface area contributed by atoms with Crippen LogP contribution in [-0.2, 0) is 12.8 Å². The molecule has 6 heteroatoms. The number of hydrogen-bond donors (Lipinski definition) is 1. The first-order chi connectivity index (χ1) is 12.7. The summed E-state index contributed by atoms with van der Waals surface area (Å²) >= 11 is 3.23. The van der Waals surface area contributed by atoms with Crippen molar-refractivity contribution in [3.63, 3.8) is 0 Å². The Morgan fingerprint density at radius 2 is 2.04 bits per heavy atom. The van der Waals surface area contributed by atoms with Gasteiger partial charge in [0, 0.05) is 17.2 Å². The van der Waals surface area contributed by atoms with Gasteiger partial charge < -0.3 is 5.11 Å². The molecular weight excluding hydrogens is 364 g/mol. The van der Waals surface area contributed by atoms with Crippen molar-refractivity contribution >= 4 is 33.3 Å². The molecule has 1 atom stereocenters. The maximum atomic E-state index is 13.5. The fraction of sp³-hybridized carbons (Fsp3) is 0.400. The summed E-state index contributed by atoms with van der Waals surface area (Å²) in [7, 11) is 0. The summed E-state index contributed by atoms with van der Waals surface area (Å²) in [6.07, 6.45) is 4.39. The molecule has 3 aromatic rings. The number of benzene rings is 1. The monoisotopic (exact) mass is 386 g/mol. The molecule has 4 nitrogen and oxygen atoms in total. The maximum absolute atomic E-state index is 13.5. The van der Waals surface area contributed by atoms with Crippen LogP contribution in [0, 0.1) is 5.92 Å². The number of fused-ring (bicyclic) bond motifs is 3. The van der Waals surface area contributed by atoms with Gasteiger partial charge in [-0.25, -0.2) is 4.98 Å². The number of thiophene rings is 1. The molecule has 1 aliphatic rings. The minimum Gasteiger partial charge on any atom is -0.396 e. The maximum Gasteiger partial charge on any atom is 0.267 e. The molecule has 0 saturated carbocycles. The molecule has 1 aliphatic carbocycles. The van der Waals surface area contributed by atoms with Gasteiger partial charge in [-0.2, -0.15) is 0 Å². The first kappa shape index (κ1) is 17.8. The Bertz CT molecular complexity index is 979. The molecule has 136 valence electrons.